The van der Waals surface area contributed by atoms with Gasteiger partial charge in [0, 0.05) is 10.5 Å². The molecule has 0 saturated carbocycles. The van der Waals surface area contributed by atoms with Gasteiger partial charge in [-0.3, -0.25) is 10.1 Å². The van der Waals surface area contributed by atoms with Gasteiger partial charge in [-0.15, -0.1) is 0 Å². The first-order valence-corrected chi connectivity index (χ1v) is 7.02. The lowest BCUT2D eigenvalue weighted by atomic mass is 10.1. The normalized spacial score (nSPS) is 10.1. The standard InChI is InChI=1S/C15H12BrNO5/c1-9-3-5-13(11(7-9)15(18)21-2)22-14-6-4-10(16)8-12(14)17(19)20/h3-8H,1-2H3. The zero-order valence-corrected chi connectivity index (χ0v) is 13.4. The first-order valence-electron chi connectivity index (χ1n) is 6.23. The van der Waals surface area contributed by atoms with Gasteiger partial charge in [0.05, 0.1) is 12.0 Å². The van der Waals surface area contributed by atoms with Crippen LogP contribution in [0.4, 0.5) is 5.69 Å². The van der Waals surface area contributed by atoms with Crippen LogP contribution in [-0.4, -0.2) is 18.0 Å². The number of carbonyl (C=O) groups excluding carboxylic acids is 1. The molecule has 0 aliphatic rings. The van der Waals surface area contributed by atoms with Crippen molar-refractivity contribution >= 4 is 27.6 Å². The number of rotatable bonds is 4. The van der Waals surface area contributed by atoms with Crippen molar-refractivity contribution in [2.45, 2.75) is 6.92 Å². The molecule has 0 amide bonds. The lowest BCUT2D eigenvalue weighted by Crippen LogP contribution is -2.04. The Kier molecular flexibility index (Phi) is 4.77. The maximum Gasteiger partial charge on any atom is 0.341 e. The van der Waals surface area contributed by atoms with Gasteiger partial charge in [0.1, 0.15) is 11.3 Å². The van der Waals surface area contributed by atoms with Gasteiger partial charge in [-0.25, -0.2) is 4.79 Å². The molecule has 0 spiro atoms. The van der Waals surface area contributed by atoms with Crippen molar-refractivity contribution in [3.8, 4) is 11.5 Å². The number of carbonyl (C=O) groups is 1. The number of methoxy groups -OCH3 is 1. The predicted octanol–water partition coefficient (Wildman–Crippen LogP) is 4.24. The van der Waals surface area contributed by atoms with Crippen molar-refractivity contribution in [2.24, 2.45) is 0 Å². The average Bonchev–Trinajstić information content (AvgIpc) is 2.49. The van der Waals surface area contributed by atoms with Gasteiger partial charge in [0.25, 0.3) is 0 Å². The van der Waals surface area contributed by atoms with E-state index in [4.69, 9.17) is 9.47 Å². The highest BCUT2D eigenvalue weighted by atomic mass is 79.9. The van der Waals surface area contributed by atoms with Crippen LogP contribution in [0.5, 0.6) is 11.5 Å². The molecule has 7 heteroatoms. The maximum atomic E-state index is 11.8. The Morgan fingerprint density at radius 3 is 2.50 bits per heavy atom. The lowest BCUT2D eigenvalue weighted by molar-refractivity contribution is -0.385. The number of esters is 1. The zero-order chi connectivity index (χ0) is 16.3. The summed E-state index contributed by atoms with van der Waals surface area (Å²) in [4.78, 5) is 22.4. The van der Waals surface area contributed by atoms with Gasteiger partial charge in [0.2, 0.25) is 5.75 Å². The van der Waals surface area contributed by atoms with E-state index in [-0.39, 0.29) is 22.7 Å². The molecule has 0 atom stereocenters. The monoisotopic (exact) mass is 365 g/mol. The van der Waals surface area contributed by atoms with E-state index in [1.165, 1.54) is 19.2 Å². The Bertz CT molecular complexity index is 745. The Morgan fingerprint density at radius 1 is 1.18 bits per heavy atom. The minimum atomic E-state index is -0.571. The Balaban J connectivity index is 2.48. The summed E-state index contributed by atoms with van der Waals surface area (Å²) in [5.74, 6) is -0.330. The number of ether oxygens (including phenoxy) is 2. The van der Waals surface area contributed by atoms with E-state index in [0.717, 1.165) is 5.56 Å². The first-order chi connectivity index (χ1) is 10.4. The summed E-state index contributed by atoms with van der Waals surface area (Å²) in [6, 6.07) is 9.34. The molecular formula is C15H12BrNO5. The van der Waals surface area contributed by atoms with E-state index in [0.29, 0.717) is 4.47 Å². The zero-order valence-electron chi connectivity index (χ0n) is 11.8. The van der Waals surface area contributed by atoms with Crippen LogP contribution in [-0.2, 0) is 4.74 Å². The van der Waals surface area contributed by atoms with Crippen LogP contribution in [0.1, 0.15) is 15.9 Å². The minimum absolute atomic E-state index is 0.0437. The number of nitro benzene ring substituents is 1. The number of hydrogen-bond acceptors (Lipinski definition) is 5. The summed E-state index contributed by atoms with van der Waals surface area (Å²) in [5.41, 5.74) is 0.850. The molecule has 0 aromatic heterocycles. The van der Waals surface area contributed by atoms with Crippen molar-refractivity contribution in [1.82, 2.24) is 0 Å². The van der Waals surface area contributed by atoms with Crippen LogP contribution in [0.25, 0.3) is 0 Å². The van der Waals surface area contributed by atoms with E-state index < -0.39 is 10.9 Å². The van der Waals surface area contributed by atoms with Gasteiger partial charge in [-0.1, -0.05) is 27.6 Å². The number of hydrogen-bond donors (Lipinski definition) is 0. The number of nitrogens with zero attached hydrogens (tertiary/aromatic N) is 1. The molecule has 0 bridgehead atoms. The molecule has 2 aromatic carbocycles. The fourth-order valence-corrected chi connectivity index (χ4v) is 2.19. The summed E-state index contributed by atoms with van der Waals surface area (Å²) in [5, 5.41) is 11.1. The molecule has 2 rings (SSSR count). The number of nitro groups is 1. The average molecular weight is 366 g/mol. The second-order valence-corrected chi connectivity index (χ2v) is 5.38. The summed E-state index contributed by atoms with van der Waals surface area (Å²) >= 11 is 3.17. The molecule has 0 unspecified atom stereocenters. The quantitative estimate of drug-likeness (QED) is 0.459. The van der Waals surface area contributed by atoms with E-state index in [1.54, 1.807) is 24.3 Å². The third-order valence-electron chi connectivity index (χ3n) is 2.88. The van der Waals surface area contributed by atoms with Crippen molar-refractivity contribution in [3.63, 3.8) is 0 Å². The molecule has 0 heterocycles. The Hall–Kier alpha value is -2.41. The summed E-state index contributed by atoms with van der Waals surface area (Å²) in [6.07, 6.45) is 0. The van der Waals surface area contributed by atoms with Crippen molar-refractivity contribution in [3.05, 3.63) is 62.1 Å². The van der Waals surface area contributed by atoms with Crippen LogP contribution >= 0.6 is 15.9 Å². The lowest BCUT2D eigenvalue weighted by Gasteiger charge is -2.11. The third-order valence-corrected chi connectivity index (χ3v) is 3.37. The minimum Gasteiger partial charge on any atom is -0.465 e. The number of halogens is 1. The Labute approximate surface area is 134 Å². The topological polar surface area (TPSA) is 78.7 Å². The van der Waals surface area contributed by atoms with E-state index >= 15 is 0 Å². The van der Waals surface area contributed by atoms with Gasteiger partial charge in [-0.2, -0.15) is 0 Å². The van der Waals surface area contributed by atoms with Gasteiger partial charge in [-0.05, 0) is 31.2 Å². The van der Waals surface area contributed by atoms with Crippen LogP contribution in [0.3, 0.4) is 0 Å². The fraction of sp³-hybridized carbons (Fsp3) is 0.133. The largest absolute Gasteiger partial charge is 0.465 e. The van der Waals surface area contributed by atoms with E-state index in [2.05, 4.69) is 15.9 Å². The number of aryl methyl sites for hydroxylation is 1. The van der Waals surface area contributed by atoms with Crippen LogP contribution in [0.2, 0.25) is 0 Å². The fourth-order valence-electron chi connectivity index (χ4n) is 1.84. The van der Waals surface area contributed by atoms with E-state index in [1.807, 2.05) is 6.92 Å². The molecule has 0 fully saturated rings. The highest BCUT2D eigenvalue weighted by Crippen LogP contribution is 2.35. The summed E-state index contributed by atoms with van der Waals surface area (Å²) in [6.45, 7) is 1.82. The highest BCUT2D eigenvalue weighted by Gasteiger charge is 2.20. The SMILES string of the molecule is COC(=O)c1cc(C)ccc1Oc1ccc(Br)cc1[N+](=O)[O-]. The molecule has 0 N–H and O–H groups in total. The second kappa shape index (κ2) is 6.57. The molecule has 0 saturated heterocycles. The third kappa shape index (κ3) is 3.43. The van der Waals surface area contributed by atoms with Crippen molar-refractivity contribution < 1.29 is 19.2 Å². The van der Waals surface area contributed by atoms with Crippen LogP contribution < -0.4 is 4.74 Å². The van der Waals surface area contributed by atoms with Crippen LogP contribution in [0.15, 0.2) is 40.9 Å². The highest BCUT2D eigenvalue weighted by molar-refractivity contribution is 9.10. The van der Waals surface area contributed by atoms with Crippen LogP contribution in [0, 0.1) is 17.0 Å². The molecule has 6 nitrogen and oxygen atoms in total. The molecule has 0 aliphatic carbocycles. The molecule has 2 aromatic rings. The van der Waals surface area contributed by atoms with Gasteiger partial charge in [0.15, 0.2) is 0 Å². The molecule has 114 valence electrons. The molecule has 0 aliphatic heterocycles. The van der Waals surface area contributed by atoms with Crippen molar-refractivity contribution in [2.75, 3.05) is 7.11 Å². The second-order valence-electron chi connectivity index (χ2n) is 4.46. The Morgan fingerprint density at radius 2 is 1.86 bits per heavy atom. The maximum absolute atomic E-state index is 11.8. The molecule has 0 radical (unpaired) electrons. The van der Waals surface area contributed by atoms with Crippen molar-refractivity contribution in [1.29, 1.82) is 0 Å². The predicted molar refractivity (Wildman–Crippen MR) is 83.4 cm³/mol. The number of benzene rings is 2. The summed E-state index contributed by atoms with van der Waals surface area (Å²) in [7, 11) is 1.26. The first kappa shape index (κ1) is 16.0. The molecule has 22 heavy (non-hydrogen) atoms. The van der Waals surface area contributed by atoms with E-state index in [9.17, 15) is 14.9 Å². The smallest absolute Gasteiger partial charge is 0.341 e. The summed E-state index contributed by atoms with van der Waals surface area (Å²) < 4.78 is 10.8. The molecular weight excluding hydrogens is 354 g/mol. The van der Waals surface area contributed by atoms with Gasteiger partial charge >= 0.3 is 11.7 Å². The van der Waals surface area contributed by atoms with Gasteiger partial charge < -0.3 is 9.47 Å².